The number of rotatable bonds is 7. The van der Waals surface area contributed by atoms with Crippen molar-refractivity contribution in [2.75, 3.05) is 43.1 Å². The summed E-state index contributed by atoms with van der Waals surface area (Å²) in [5.41, 5.74) is 6.22. The molecule has 0 saturated heterocycles. The first-order chi connectivity index (χ1) is 18.4. The van der Waals surface area contributed by atoms with E-state index < -0.39 is 20.2 Å². The van der Waals surface area contributed by atoms with E-state index >= 15 is 0 Å². The van der Waals surface area contributed by atoms with Crippen LogP contribution in [0.4, 0.5) is 11.4 Å². The molecule has 1 N–H and O–H groups in total. The predicted molar refractivity (Wildman–Crippen MR) is 159 cm³/mol. The van der Waals surface area contributed by atoms with E-state index in [0.29, 0.717) is 17.0 Å². The maximum absolute atomic E-state index is 12.8. The zero-order chi connectivity index (χ0) is 28.1. The fraction of sp³-hybridized carbons (Fsp3) is 0.179. The first-order valence-electron chi connectivity index (χ1n) is 12.1. The SMILES string of the molecule is CN(c1ccc(-c2cnc3[nH]c4ccc(N(C)S(=O)(=O)N(C)C)cc4c3c2-c2ccccc2)cc1)S(C)(=O)=O. The number of nitrogens with zero attached hydrogens (tertiary/aromatic N) is 4. The summed E-state index contributed by atoms with van der Waals surface area (Å²) >= 11 is 0. The Bertz CT molecular complexity index is 1900. The van der Waals surface area contributed by atoms with Crippen LogP contribution in [0.25, 0.3) is 44.2 Å². The number of sulfonamides is 1. The topological polar surface area (TPSA) is 107 Å². The summed E-state index contributed by atoms with van der Waals surface area (Å²) in [7, 11) is -1.02. The zero-order valence-corrected chi connectivity index (χ0v) is 23.9. The lowest BCUT2D eigenvalue weighted by Crippen LogP contribution is -2.37. The van der Waals surface area contributed by atoms with Crippen LogP contribution in [0.15, 0.2) is 79.0 Å². The van der Waals surface area contributed by atoms with Crippen LogP contribution in [-0.4, -0.2) is 65.6 Å². The van der Waals surface area contributed by atoms with Crippen LogP contribution in [0.2, 0.25) is 0 Å². The molecule has 2 heterocycles. The molecule has 5 aromatic rings. The molecule has 11 heteroatoms. The average Bonchev–Trinajstić information content (AvgIpc) is 3.29. The number of anilines is 2. The van der Waals surface area contributed by atoms with E-state index in [1.54, 1.807) is 24.4 Å². The van der Waals surface area contributed by atoms with Gasteiger partial charge in [-0.1, -0.05) is 42.5 Å². The van der Waals surface area contributed by atoms with Gasteiger partial charge in [-0.15, -0.1) is 0 Å². The molecular formula is C28H29N5O4S2. The van der Waals surface area contributed by atoms with E-state index in [2.05, 4.69) is 4.98 Å². The van der Waals surface area contributed by atoms with Gasteiger partial charge in [0.1, 0.15) is 5.65 Å². The summed E-state index contributed by atoms with van der Waals surface area (Å²) < 4.78 is 53.3. The third-order valence-electron chi connectivity index (χ3n) is 6.88. The fourth-order valence-electron chi connectivity index (χ4n) is 4.58. The number of H-pyrrole nitrogens is 1. The number of aromatic nitrogens is 2. The van der Waals surface area contributed by atoms with E-state index in [1.165, 1.54) is 47.4 Å². The van der Waals surface area contributed by atoms with Gasteiger partial charge in [-0.05, 0) is 41.5 Å². The maximum atomic E-state index is 12.8. The normalized spacial score (nSPS) is 12.4. The van der Waals surface area contributed by atoms with Gasteiger partial charge in [0.15, 0.2) is 0 Å². The van der Waals surface area contributed by atoms with Gasteiger partial charge < -0.3 is 4.98 Å². The monoisotopic (exact) mass is 563 g/mol. The minimum atomic E-state index is -3.68. The van der Waals surface area contributed by atoms with Crippen molar-refractivity contribution in [1.82, 2.24) is 14.3 Å². The van der Waals surface area contributed by atoms with E-state index in [1.807, 2.05) is 54.6 Å². The van der Waals surface area contributed by atoms with Crippen molar-refractivity contribution in [3.63, 3.8) is 0 Å². The van der Waals surface area contributed by atoms with Gasteiger partial charge in [0, 0.05) is 61.8 Å². The van der Waals surface area contributed by atoms with Gasteiger partial charge in [0.05, 0.1) is 17.6 Å². The molecule has 202 valence electrons. The Balaban J connectivity index is 1.77. The molecular weight excluding hydrogens is 534 g/mol. The summed E-state index contributed by atoms with van der Waals surface area (Å²) in [6.07, 6.45) is 2.97. The Kier molecular flexibility index (Phi) is 6.61. The van der Waals surface area contributed by atoms with E-state index in [4.69, 9.17) is 4.98 Å². The minimum Gasteiger partial charge on any atom is -0.339 e. The van der Waals surface area contributed by atoms with Crippen molar-refractivity contribution in [2.24, 2.45) is 0 Å². The summed E-state index contributed by atoms with van der Waals surface area (Å²) in [5.74, 6) is 0. The van der Waals surface area contributed by atoms with E-state index in [-0.39, 0.29) is 0 Å². The van der Waals surface area contributed by atoms with Gasteiger partial charge in [0.25, 0.3) is 0 Å². The summed E-state index contributed by atoms with van der Waals surface area (Å²) in [5, 5.41) is 1.70. The minimum absolute atomic E-state index is 0.523. The third-order valence-corrected chi connectivity index (χ3v) is 9.91. The number of benzene rings is 3. The summed E-state index contributed by atoms with van der Waals surface area (Å²) in [6.45, 7) is 0. The summed E-state index contributed by atoms with van der Waals surface area (Å²) in [4.78, 5) is 8.10. The Morgan fingerprint density at radius 2 is 1.38 bits per heavy atom. The standard InChI is InChI=1S/C28H29N5O4S2/c1-31(2)39(36,37)33(4)22-15-16-25-23(17-22)27-26(20-9-7-6-8-10-20)24(18-29-28(27)30-25)19-11-13-21(14-12-19)32(3)38(5,34)35/h6-18H,1-5H3,(H,29,30). The van der Waals surface area contributed by atoms with Crippen molar-refractivity contribution >= 4 is 53.5 Å². The van der Waals surface area contributed by atoms with Gasteiger partial charge in [-0.2, -0.15) is 12.7 Å². The van der Waals surface area contributed by atoms with Crippen LogP contribution in [0.3, 0.4) is 0 Å². The Hall–Kier alpha value is -3.93. The van der Waals surface area contributed by atoms with Gasteiger partial charge >= 0.3 is 10.2 Å². The Morgan fingerprint density at radius 1 is 0.744 bits per heavy atom. The highest BCUT2D eigenvalue weighted by Crippen LogP contribution is 2.41. The smallest absolute Gasteiger partial charge is 0.303 e. The van der Waals surface area contributed by atoms with Gasteiger partial charge in [0.2, 0.25) is 10.0 Å². The second-order valence-electron chi connectivity index (χ2n) is 9.53. The second kappa shape index (κ2) is 9.67. The largest absolute Gasteiger partial charge is 0.339 e. The van der Waals surface area contributed by atoms with Crippen LogP contribution in [0, 0.1) is 0 Å². The number of hydrogen-bond donors (Lipinski definition) is 1. The van der Waals surface area contributed by atoms with Crippen molar-refractivity contribution in [3.05, 3.63) is 79.0 Å². The van der Waals surface area contributed by atoms with Crippen LogP contribution in [-0.2, 0) is 20.2 Å². The highest BCUT2D eigenvalue weighted by molar-refractivity contribution is 7.92. The number of nitrogens with one attached hydrogen (secondary N) is 1. The molecule has 9 nitrogen and oxygen atoms in total. The number of hydrogen-bond acceptors (Lipinski definition) is 5. The highest BCUT2D eigenvalue weighted by Gasteiger charge is 2.23. The lowest BCUT2D eigenvalue weighted by molar-refractivity contribution is 0.519. The molecule has 3 aromatic carbocycles. The second-order valence-corrected chi connectivity index (χ2v) is 13.7. The maximum Gasteiger partial charge on any atom is 0.303 e. The molecule has 0 spiro atoms. The molecule has 0 aliphatic carbocycles. The number of fused-ring (bicyclic) bond motifs is 3. The number of aromatic amines is 1. The Morgan fingerprint density at radius 3 is 2.00 bits per heavy atom. The Labute approximate surface area is 228 Å². The van der Waals surface area contributed by atoms with Crippen LogP contribution in [0.1, 0.15) is 0 Å². The molecule has 39 heavy (non-hydrogen) atoms. The predicted octanol–water partition coefficient (Wildman–Crippen LogP) is 4.69. The molecule has 5 rings (SSSR count). The first kappa shape index (κ1) is 26.7. The number of pyridine rings is 1. The van der Waals surface area contributed by atoms with Gasteiger partial charge in [-0.25, -0.2) is 13.4 Å². The van der Waals surface area contributed by atoms with Crippen molar-refractivity contribution < 1.29 is 16.8 Å². The molecule has 0 atom stereocenters. The molecule has 0 fully saturated rings. The van der Waals surface area contributed by atoms with Crippen molar-refractivity contribution in [1.29, 1.82) is 0 Å². The van der Waals surface area contributed by atoms with Gasteiger partial charge in [-0.3, -0.25) is 8.61 Å². The van der Waals surface area contributed by atoms with Crippen LogP contribution >= 0.6 is 0 Å². The van der Waals surface area contributed by atoms with E-state index in [9.17, 15) is 16.8 Å². The third kappa shape index (κ3) is 4.73. The molecule has 0 saturated carbocycles. The molecule has 0 bridgehead atoms. The molecule has 0 unspecified atom stereocenters. The quantitative estimate of drug-likeness (QED) is 0.309. The average molecular weight is 564 g/mol. The van der Waals surface area contributed by atoms with Crippen molar-refractivity contribution in [3.8, 4) is 22.3 Å². The molecule has 2 aromatic heterocycles. The van der Waals surface area contributed by atoms with Crippen LogP contribution < -0.4 is 8.61 Å². The molecule has 0 radical (unpaired) electrons. The summed E-state index contributed by atoms with van der Waals surface area (Å²) in [6, 6.07) is 22.7. The van der Waals surface area contributed by atoms with Crippen molar-refractivity contribution in [2.45, 2.75) is 0 Å². The zero-order valence-electron chi connectivity index (χ0n) is 22.2. The van der Waals surface area contributed by atoms with Crippen LogP contribution in [0.5, 0.6) is 0 Å². The molecule has 0 aliphatic heterocycles. The van der Waals surface area contributed by atoms with E-state index in [0.717, 1.165) is 38.5 Å². The lowest BCUT2D eigenvalue weighted by atomic mass is 9.92. The first-order valence-corrected chi connectivity index (χ1v) is 15.3. The molecule has 0 amide bonds. The fourth-order valence-corrected chi connectivity index (χ4v) is 5.96. The molecule has 0 aliphatic rings. The lowest BCUT2D eigenvalue weighted by Gasteiger charge is -2.23. The highest BCUT2D eigenvalue weighted by atomic mass is 32.2.